The van der Waals surface area contributed by atoms with Gasteiger partial charge in [-0.05, 0) is 24.4 Å². The predicted octanol–water partition coefficient (Wildman–Crippen LogP) is 0.475. The number of hydrogen-bond acceptors (Lipinski definition) is 3. The Balaban J connectivity index is 1.88. The number of nitrogens with one attached hydrogen (secondary N) is 1. The monoisotopic (exact) mass is 277 g/mol. The van der Waals surface area contributed by atoms with Crippen molar-refractivity contribution < 1.29 is 9.59 Å². The molecule has 1 saturated heterocycles. The van der Waals surface area contributed by atoms with Crippen molar-refractivity contribution in [1.82, 2.24) is 15.1 Å². The van der Waals surface area contributed by atoms with Gasteiger partial charge in [-0.3, -0.25) is 14.9 Å². The summed E-state index contributed by atoms with van der Waals surface area (Å²) in [5, 5.41) is 3.13. The Kier molecular flexibility index (Phi) is 4.46. The Morgan fingerprint density at radius 1 is 1.16 bits per heavy atom. The molecular weight excluding hydrogens is 262 g/mol. The van der Waals surface area contributed by atoms with Gasteiger partial charge in [0, 0.05) is 31.7 Å². The lowest BCUT2D eigenvalue weighted by Crippen LogP contribution is -2.52. The van der Waals surface area contributed by atoms with E-state index in [1.54, 1.807) is 29.2 Å². The van der Waals surface area contributed by atoms with Crippen molar-refractivity contribution in [3.05, 3.63) is 35.9 Å². The molecule has 0 aliphatic carbocycles. The number of amides is 2. The summed E-state index contributed by atoms with van der Waals surface area (Å²) < 4.78 is 0. The number of rotatable bonds is 2. The van der Waals surface area contributed by atoms with E-state index in [9.17, 15) is 9.59 Å². The van der Waals surface area contributed by atoms with Crippen LogP contribution in [0.5, 0.6) is 0 Å². The molecule has 5 nitrogen and oxygen atoms in total. The van der Waals surface area contributed by atoms with Gasteiger partial charge in [0.25, 0.3) is 5.91 Å². The van der Waals surface area contributed by atoms with Crippen molar-refractivity contribution in [1.29, 1.82) is 0 Å². The summed E-state index contributed by atoms with van der Waals surface area (Å²) in [6.45, 7) is 2.55. The summed E-state index contributed by atoms with van der Waals surface area (Å²) >= 11 is 5.21. The zero-order chi connectivity index (χ0) is 13.7. The molecule has 0 bridgehead atoms. The van der Waals surface area contributed by atoms with Gasteiger partial charge < -0.3 is 9.80 Å². The summed E-state index contributed by atoms with van der Waals surface area (Å²) in [6.07, 6.45) is 0.836. The minimum atomic E-state index is -0.205. The number of piperazine rings is 1. The Hall–Kier alpha value is -1.95. The van der Waals surface area contributed by atoms with Crippen LogP contribution in [-0.4, -0.2) is 53.4 Å². The van der Waals surface area contributed by atoms with E-state index < -0.39 is 0 Å². The molecule has 100 valence electrons. The number of benzene rings is 1. The van der Waals surface area contributed by atoms with Crippen molar-refractivity contribution in [2.24, 2.45) is 0 Å². The van der Waals surface area contributed by atoms with Gasteiger partial charge in [-0.25, -0.2) is 0 Å². The highest BCUT2D eigenvalue weighted by atomic mass is 32.1. The van der Waals surface area contributed by atoms with E-state index in [2.05, 4.69) is 5.32 Å². The topological polar surface area (TPSA) is 52.7 Å². The molecule has 1 aliphatic rings. The molecular formula is C13H15N3O2S. The van der Waals surface area contributed by atoms with E-state index in [0.29, 0.717) is 36.9 Å². The Labute approximate surface area is 117 Å². The minimum absolute atomic E-state index is 0.205. The Bertz CT molecular complexity index is 470. The molecule has 1 N–H and O–H groups in total. The molecule has 1 aromatic rings. The molecule has 2 amide bonds. The van der Waals surface area contributed by atoms with Crippen molar-refractivity contribution in [2.75, 3.05) is 26.2 Å². The van der Waals surface area contributed by atoms with Gasteiger partial charge in [-0.1, -0.05) is 18.2 Å². The second kappa shape index (κ2) is 6.29. The highest BCUT2D eigenvalue weighted by Crippen LogP contribution is 2.02. The lowest BCUT2D eigenvalue weighted by molar-refractivity contribution is -0.119. The lowest BCUT2D eigenvalue weighted by atomic mass is 10.2. The summed E-state index contributed by atoms with van der Waals surface area (Å²) in [7, 11) is 0. The van der Waals surface area contributed by atoms with Crippen LogP contribution in [0.4, 0.5) is 0 Å². The van der Waals surface area contributed by atoms with Crippen LogP contribution in [0.25, 0.3) is 0 Å². The number of hydrogen-bond donors (Lipinski definition) is 1. The maximum Gasteiger partial charge on any atom is 0.257 e. The van der Waals surface area contributed by atoms with Crippen LogP contribution in [0, 0.1) is 0 Å². The third-order valence-corrected chi connectivity index (χ3v) is 3.37. The van der Waals surface area contributed by atoms with E-state index in [1.807, 2.05) is 11.0 Å². The molecule has 0 atom stereocenters. The number of carbonyl (C=O) groups excluding carboxylic acids is 2. The standard InChI is InChI=1S/C13H15N3O2S/c17-10-15-6-8-16(9-7-15)13(19)14-12(18)11-4-2-1-3-5-11/h1-5,10H,6-9H2,(H,14,18,19). The van der Waals surface area contributed by atoms with E-state index in [1.165, 1.54) is 0 Å². The third kappa shape index (κ3) is 3.51. The highest BCUT2D eigenvalue weighted by Gasteiger charge is 2.19. The number of carbonyl (C=O) groups is 2. The van der Waals surface area contributed by atoms with Crippen LogP contribution in [-0.2, 0) is 4.79 Å². The molecule has 1 aromatic carbocycles. The van der Waals surface area contributed by atoms with Crippen molar-refractivity contribution in [3.8, 4) is 0 Å². The van der Waals surface area contributed by atoms with Crippen molar-refractivity contribution in [3.63, 3.8) is 0 Å². The highest BCUT2D eigenvalue weighted by molar-refractivity contribution is 7.80. The van der Waals surface area contributed by atoms with Crippen LogP contribution < -0.4 is 5.32 Å². The fraction of sp³-hybridized carbons (Fsp3) is 0.308. The zero-order valence-corrected chi connectivity index (χ0v) is 11.2. The number of thiocarbonyl (C=S) groups is 1. The van der Waals surface area contributed by atoms with Gasteiger partial charge in [-0.15, -0.1) is 0 Å². The van der Waals surface area contributed by atoms with Crippen molar-refractivity contribution >= 4 is 29.6 Å². The Morgan fingerprint density at radius 3 is 2.37 bits per heavy atom. The van der Waals surface area contributed by atoms with E-state index in [4.69, 9.17) is 12.2 Å². The lowest BCUT2D eigenvalue weighted by Gasteiger charge is -2.34. The molecule has 6 heteroatoms. The first-order valence-electron chi connectivity index (χ1n) is 6.05. The van der Waals surface area contributed by atoms with E-state index in [-0.39, 0.29) is 5.91 Å². The summed E-state index contributed by atoms with van der Waals surface area (Å²) in [6, 6.07) is 8.94. The maximum atomic E-state index is 11.9. The molecule has 0 unspecified atom stereocenters. The predicted molar refractivity (Wildman–Crippen MR) is 75.7 cm³/mol. The van der Waals surface area contributed by atoms with Gasteiger partial charge in [0.05, 0.1) is 0 Å². The Morgan fingerprint density at radius 2 is 1.79 bits per heavy atom. The fourth-order valence-corrected chi connectivity index (χ4v) is 2.14. The van der Waals surface area contributed by atoms with Crippen LogP contribution in [0.2, 0.25) is 0 Å². The van der Waals surface area contributed by atoms with Gasteiger partial charge >= 0.3 is 0 Å². The molecule has 0 saturated carbocycles. The number of nitrogens with zero attached hydrogens (tertiary/aromatic N) is 2. The van der Waals surface area contributed by atoms with Gasteiger partial charge in [0.1, 0.15) is 0 Å². The molecule has 1 heterocycles. The summed E-state index contributed by atoms with van der Waals surface area (Å²) in [4.78, 5) is 26.1. The smallest absolute Gasteiger partial charge is 0.257 e. The molecule has 2 rings (SSSR count). The first-order valence-corrected chi connectivity index (χ1v) is 6.46. The van der Waals surface area contributed by atoms with Gasteiger partial charge in [-0.2, -0.15) is 0 Å². The molecule has 19 heavy (non-hydrogen) atoms. The van der Waals surface area contributed by atoms with Crippen LogP contribution in [0.3, 0.4) is 0 Å². The first-order chi connectivity index (χ1) is 9.20. The average Bonchev–Trinajstić information content (AvgIpc) is 2.48. The third-order valence-electron chi connectivity index (χ3n) is 3.01. The summed E-state index contributed by atoms with van der Waals surface area (Å²) in [5.74, 6) is -0.205. The van der Waals surface area contributed by atoms with Crippen molar-refractivity contribution in [2.45, 2.75) is 0 Å². The largest absolute Gasteiger partial charge is 0.345 e. The average molecular weight is 277 g/mol. The summed E-state index contributed by atoms with van der Waals surface area (Å²) in [5.41, 5.74) is 0.580. The normalized spacial score (nSPS) is 14.9. The van der Waals surface area contributed by atoms with Crippen LogP contribution in [0.15, 0.2) is 30.3 Å². The second-order valence-electron chi connectivity index (χ2n) is 4.25. The molecule has 0 radical (unpaired) electrons. The second-order valence-corrected chi connectivity index (χ2v) is 4.64. The minimum Gasteiger partial charge on any atom is -0.345 e. The van der Waals surface area contributed by atoms with Gasteiger partial charge in [0.2, 0.25) is 6.41 Å². The first kappa shape index (κ1) is 13.5. The van der Waals surface area contributed by atoms with Crippen LogP contribution in [0.1, 0.15) is 10.4 Å². The van der Waals surface area contributed by atoms with Gasteiger partial charge in [0.15, 0.2) is 5.11 Å². The van der Waals surface area contributed by atoms with E-state index >= 15 is 0 Å². The zero-order valence-electron chi connectivity index (χ0n) is 10.4. The molecule has 1 aliphatic heterocycles. The molecule has 0 aromatic heterocycles. The van der Waals surface area contributed by atoms with Crippen LogP contribution >= 0.6 is 12.2 Å². The fourth-order valence-electron chi connectivity index (χ4n) is 1.87. The molecule has 1 fully saturated rings. The SMILES string of the molecule is O=CN1CCN(C(=S)NC(=O)c2ccccc2)CC1. The quantitative estimate of drug-likeness (QED) is 0.631. The maximum absolute atomic E-state index is 11.9. The van der Waals surface area contributed by atoms with E-state index in [0.717, 1.165) is 6.41 Å². The molecule has 0 spiro atoms.